The van der Waals surface area contributed by atoms with Crippen molar-refractivity contribution in [3.63, 3.8) is 0 Å². The average Bonchev–Trinajstić information content (AvgIpc) is 2.58. The maximum Gasteiger partial charge on any atom is 0.574 e. The third-order valence-corrected chi connectivity index (χ3v) is 3.48. The van der Waals surface area contributed by atoms with Gasteiger partial charge in [-0.25, -0.2) is 0 Å². The van der Waals surface area contributed by atoms with Gasteiger partial charge in [0.2, 0.25) is 0 Å². The molecule has 0 N–H and O–H groups in total. The van der Waals surface area contributed by atoms with Gasteiger partial charge in [-0.1, -0.05) is 6.58 Å². The van der Waals surface area contributed by atoms with Crippen LogP contribution in [0, 0.1) is 6.92 Å². The van der Waals surface area contributed by atoms with Crippen molar-refractivity contribution >= 4 is 23.2 Å². The molecule has 0 aliphatic carbocycles. The lowest BCUT2D eigenvalue weighted by atomic mass is 9.85. The molecule has 0 amide bonds. The lowest BCUT2D eigenvalue weighted by molar-refractivity contribution is 0.173. The SMILES string of the molecule is C=C1OB(c2sccc2C)OC1(C)C. The van der Waals surface area contributed by atoms with Crippen LogP contribution in [0.1, 0.15) is 19.4 Å². The van der Waals surface area contributed by atoms with Crippen molar-refractivity contribution in [3.05, 3.63) is 29.3 Å². The molecule has 0 bridgehead atoms. The molecule has 1 aromatic rings. The van der Waals surface area contributed by atoms with Crippen molar-refractivity contribution in [1.82, 2.24) is 0 Å². The number of hydrogen-bond acceptors (Lipinski definition) is 3. The average molecular weight is 208 g/mol. The van der Waals surface area contributed by atoms with Gasteiger partial charge in [0.15, 0.2) is 0 Å². The zero-order valence-electron chi connectivity index (χ0n) is 8.66. The molecule has 74 valence electrons. The molecule has 0 aromatic carbocycles. The van der Waals surface area contributed by atoms with Crippen LogP contribution in [0.25, 0.3) is 0 Å². The minimum atomic E-state index is -0.374. The van der Waals surface area contributed by atoms with Gasteiger partial charge >= 0.3 is 7.12 Å². The first-order chi connectivity index (χ1) is 6.50. The molecule has 0 spiro atoms. The van der Waals surface area contributed by atoms with Crippen LogP contribution in [0.5, 0.6) is 0 Å². The Hall–Kier alpha value is -0.735. The zero-order chi connectivity index (χ0) is 10.3. The van der Waals surface area contributed by atoms with Crippen LogP contribution in [0.15, 0.2) is 23.8 Å². The quantitative estimate of drug-likeness (QED) is 0.658. The van der Waals surface area contributed by atoms with Gasteiger partial charge < -0.3 is 9.31 Å². The van der Waals surface area contributed by atoms with Crippen molar-refractivity contribution in [2.45, 2.75) is 26.4 Å². The second kappa shape index (κ2) is 3.14. The van der Waals surface area contributed by atoms with E-state index in [1.54, 1.807) is 11.3 Å². The molecule has 0 atom stereocenters. The van der Waals surface area contributed by atoms with E-state index >= 15 is 0 Å². The highest BCUT2D eigenvalue weighted by molar-refractivity contribution is 7.21. The van der Waals surface area contributed by atoms with Crippen LogP contribution in [-0.4, -0.2) is 12.7 Å². The molecular formula is C10H13BO2S. The minimum Gasteiger partial charge on any atom is -0.533 e. The minimum absolute atomic E-state index is 0.266. The highest BCUT2D eigenvalue weighted by Crippen LogP contribution is 2.30. The normalized spacial score (nSPS) is 19.9. The monoisotopic (exact) mass is 208 g/mol. The fourth-order valence-corrected chi connectivity index (χ4v) is 2.24. The number of aryl methyl sites for hydroxylation is 1. The first-order valence-electron chi connectivity index (χ1n) is 4.58. The van der Waals surface area contributed by atoms with E-state index in [-0.39, 0.29) is 12.7 Å². The lowest BCUT2D eigenvalue weighted by Gasteiger charge is -2.15. The summed E-state index contributed by atoms with van der Waals surface area (Å²) in [5.74, 6) is 0.704. The topological polar surface area (TPSA) is 18.5 Å². The molecule has 1 saturated heterocycles. The first kappa shape index (κ1) is 9.81. The van der Waals surface area contributed by atoms with Crippen molar-refractivity contribution in [2.24, 2.45) is 0 Å². The summed E-state index contributed by atoms with van der Waals surface area (Å²) in [6.45, 7) is 9.86. The Bertz CT molecular complexity index is 370. The molecule has 1 aliphatic rings. The van der Waals surface area contributed by atoms with E-state index < -0.39 is 0 Å². The van der Waals surface area contributed by atoms with Crippen LogP contribution >= 0.6 is 11.3 Å². The van der Waals surface area contributed by atoms with Crippen LogP contribution in [-0.2, 0) is 9.31 Å². The van der Waals surface area contributed by atoms with Crippen molar-refractivity contribution in [1.29, 1.82) is 0 Å². The second-order valence-corrected chi connectivity index (χ2v) is 4.92. The van der Waals surface area contributed by atoms with Gasteiger partial charge in [0.25, 0.3) is 0 Å². The second-order valence-electron chi connectivity index (χ2n) is 3.97. The third kappa shape index (κ3) is 1.49. The molecule has 0 saturated carbocycles. The van der Waals surface area contributed by atoms with E-state index in [9.17, 15) is 0 Å². The van der Waals surface area contributed by atoms with E-state index in [1.165, 1.54) is 5.56 Å². The largest absolute Gasteiger partial charge is 0.574 e. The highest BCUT2D eigenvalue weighted by Gasteiger charge is 2.43. The van der Waals surface area contributed by atoms with Crippen LogP contribution in [0.2, 0.25) is 0 Å². The van der Waals surface area contributed by atoms with E-state index in [0.717, 1.165) is 4.78 Å². The lowest BCUT2D eigenvalue weighted by Crippen LogP contribution is -2.33. The third-order valence-electron chi connectivity index (χ3n) is 2.44. The summed E-state index contributed by atoms with van der Waals surface area (Å²) < 4.78 is 12.5. The summed E-state index contributed by atoms with van der Waals surface area (Å²) in [6.07, 6.45) is 0. The first-order valence-corrected chi connectivity index (χ1v) is 5.46. The van der Waals surface area contributed by atoms with Gasteiger partial charge in [-0.2, -0.15) is 11.3 Å². The van der Waals surface area contributed by atoms with Gasteiger partial charge in [0.05, 0.1) is 10.5 Å². The molecule has 2 heterocycles. The highest BCUT2D eigenvalue weighted by atomic mass is 32.1. The molecule has 0 radical (unpaired) electrons. The predicted octanol–water partition coefficient (Wildman–Crippen LogP) is 2.09. The summed E-state index contributed by atoms with van der Waals surface area (Å²) >= 11 is 1.66. The predicted molar refractivity (Wildman–Crippen MR) is 59.8 cm³/mol. The van der Waals surface area contributed by atoms with Gasteiger partial charge in [0.1, 0.15) is 5.60 Å². The molecule has 1 aromatic heterocycles. The summed E-state index contributed by atoms with van der Waals surface area (Å²) in [5.41, 5.74) is 0.840. The maximum absolute atomic E-state index is 5.77. The number of rotatable bonds is 1. The Morgan fingerprint density at radius 1 is 1.50 bits per heavy atom. The van der Waals surface area contributed by atoms with E-state index in [2.05, 4.69) is 19.6 Å². The zero-order valence-corrected chi connectivity index (χ0v) is 9.48. The number of hydrogen-bond donors (Lipinski definition) is 0. The Morgan fingerprint density at radius 2 is 2.21 bits per heavy atom. The molecular weight excluding hydrogens is 195 g/mol. The fourth-order valence-electron chi connectivity index (χ4n) is 1.36. The Balaban J connectivity index is 2.25. The Morgan fingerprint density at radius 3 is 2.64 bits per heavy atom. The Labute approximate surface area is 88.7 Å². The summed E-state index contributed by atoms with van der Waals surface area (Å²) in [4.78, 5) is 0. The molecule has 4 heteroatoms. The molecule has 1 aliphatic heterocycles. The van der Waals surface area contributed by atoms with Gasteiger partial charge in [-0.15, -0.1) is 0 Å². The summed E-state index contributed by atoms with van der Waals surface area (Å²) in [7, 11) is -0.266. The molecule has 2 nitrogen and oxygen atoms in total. The van der Waals surface area contributed by atoms with Crippen LogP contribution in [0.3, 0.4) is 0 Å². The van der Waals surface area contributed by atoms with E-state index in [1.807, 2.05) is 19.2 Å². The summed E-state index contributed by atoms with van der Waals surface area (Å²) in [6, 6.07) is 2.07. The van der Waals surface area contributed by atoms with Gasteiger partial charge in [-0.05, 0) is 37.8 Å². The smallest absolute Gasteiger partial charge is 0.533 e. The molecule has 0 unspecified atom stereocenters. The molecule has 14 heavy (non-hydrogen) atoms. The van der Waals surface area contributed by atoms with Gasteiger partial charge in [0, 0.05) is 0 Å². The van der Waals surface area contributed by atoms with Crippen molar-refractivity contribution in [2.75, 3.05) is 0 Å². The van der Waals surface area contributed by atoms with E-state index in [0.29, 0.717) is 5.76 Å². The molecule has 2 rings (SSSR count). The van der Waals surface area contributed by atoms with Crippen LogP contribution in [0.4, 0.5) is 0 Å². The number of thiophene rings is 1. The van der Waals surface area contributed by atoms with Crippen molar-refractivity contribution < 1.29 is 9.31 Å². The van der Waals surface area contributed by atoms with Gasteiger partial charge in [-0.3, -0.25) is 0 Å². The standard InChI is InChI=1S/C10H13BO2S/c1-7-5-6-14-9(7)11-12-8(2)10(3,4)13-11/h5-6H,2H2,1,3-4H3. The van der Waals surface area contributed by atoms with Crippen LogP contribution < -0.4 is 4.78 Å². The maximum atomic E-state index is 5.77. The fraction of sp³-hybridized carbons (Fsp3) is 0.400. The summed E-state index contributed by atoms with van der Waals surface area (Å²) in [5, 5.41) is 2.05. The van der Waals surface area contributed by atoms with Crippen molar-refractivity contribution in [3.8, 4) is 0 Å². The Kier molecular flexibility index (Phi) is 2.20. The van der Waals surface area contributed by atoms with E-state index in [4.69, 9.17) is 9.31 Å². The molecule has 1 fully saturated rings.